The molecule has 176 valence electrons. The van der Waals surface area contributed by atoms with Crippen molar-refractivity contribution in [3.05, 3.63) is 71.6 Å². The Bertz CT molecular complexity index is 952. The Labute approximate surface area is 197 Å². The van der Waals surface area contributed by atoms with E-state index in [1.165, 1.54) is 31.2 Å². The number of aromatic nitrogens is 2. The molecule has 0 saturated heterocycles. The van der Waals surface area contributed by atoms with Crippen LogP contribution in [0.15, 0.2) is 59.0 Å². The van der Waals surface area contributed by atoms with Crippen molar-refractivity contribution < 1.29 is 9.21 Å². The smallest absolute Gasteiger partial charge is 0.251 e. The van der Waals surface area contributed by atoms with Crippen LogP contribution in [0.4, 0.5) is 0 Å². The summed E-state index contributed by atoms with van der Waals surface area (Å²) >= 11 is 0. The maximum atomic E-state index is 12.2. The lowest BCUT2D eigenvalue weighted by molar-refractivity contribution is 0.0952. The highest BCUT2D eigenvalue weighted by Gasteiger charge is 2.10. The van der Waals surface area contributed by atoms with Crippen LogP contribution in [0, 0.1) is 0 Å². The largest absolute Gasteiger partial charge is 0.421 e. The fraction of sp³-hybridized carbons (Fsp3) is 0.444. The number of aryl methyl sites for hydroxylation is 2. The minimum absolute atomic E-state index is 0.0599. The van der Waals surface area contributed by atoms with Gasteiger partial charge < -0.3 is 14.6 Å². The number of rotatable bonds is 14. The van der Waals surface area contributed by atoms with Crippen LogP contribution in [0.1, 0.15) is 60.3 Å². The van der Waals surface area contributed by atoms with Gasteiger partial charge in [-0.25, -0.2) is 0 Å². The van der Waals surface area contributed by atoms with E-state index in [4.69, 9.17) is 4.42 Å². The van der Waals surface area contributed by atoms with Gasteiger partial charge in [-0.15, -0.1) is 10.2 Å². The zero-order valence-corrected chi connectivity index (χ0v) is 19.9. The second kappa shape index (κ2) is 13.5. The molecule has 6 heteroatoms. The molecule has 0 fully saturated rings. The Hall–Kier alpha value is -2.99. The minimum atomic E-state index is -0.0599. The topological polar surface area (TPSA) is 71.3 Å². The van der Waals surface area contributed by atoms with E-state index < -0.39 is 0 Å². The maximum absolute atomic E-state index is 12.2. The number of benzene rings is 2. The Balaban J connectivity index is 1.34. The fourth-order valence-corrected chi connectivity index (χ4v) is 3.72. The standard InChI is InChI=1S/C27H36N4O2/c1-31(2)21-11-20-28-26(32)23-16-18-24(19-17-23)27-30-29-25(33-27)15-10-5-3-4-7-12-22-13-8-6-9-14-22/h6,8-9,13-14,16-19H,3-5,7,10-12,15,20-21H2,1-2H3,(H,28,32). The lowest BCUT2D eigenvalue weighted by Gasteiger charge is -2.10. The first kappa shape index (κ1) is 24.6. The molecule has 0 bridgehead atoms. The SMILES string of the molecule is CN(C)CCCNC(=O)c1ccc(-c2nnc(CCCCCCCc3ccccc3)o2)cc1. The van der Waals surface area contributed by atoms with Gasteiger partial charge >= 0.3 is 0 Å². The van der Waals surface area contributed by atoms with Crippen molar-refractivity contribution in [1.82, 2.24) is 20.4 Å². The molecule has 0 aliphatic rings. The van der Waals surface area contributed by atoms with Crippen molar-refractivity contribution in [3.63, 3.8) is 0 Å². The highest BCUT2D eigenvalue weighted by molar-refractivity contribution is 5.94. The molecule has 1 N–H and O–H groups in total. The Morgan fingerprint density at radius 1 is 0.848 bits per heavy atom. The minimum Gasteiger partial charge on any atom is -0.421 e. The van der Waals surface area contributed by atoms with Gasteiger partial charge in [-0.05, 0) is 76.2 Å². The van der Waals surface area contributed by atoms with Crippen molar-refractivity contribution >= 4 is 5.91 Å². The monoisotopic (exact) mass is 448 g/mol. The van der Waals surface area contributed by atoms with Crippen LogP contribution in [0.3, 0.4) is 0 Å². The number of amides is 1. The van der Waals surface area contributed by atoms with Crippen LogP contribution in [0.5, 0.6) is 0 Å². The van der Waals surface area contributed by atoms with Crippen LogP contribution < -0.4 is 5.32 Å². The third-order valence-electron chi connectivity index (χ3n) is 5.63. The van der Waals surface area contributed by atoms with E-state index in [0.717, 1.165) is 37.8 Å². The summed E-state index contributed by atoms with van der Waals surface area (Å²) in [5.74, 6) is 1.12. The number of nitrogens with zero attached hydrogens (tertiary/aromatic N) is 3. The first-order chi connectivity index (χ1) is 16.1. The van der Waals surface area contributed by atoms with Gasteiger partial charge in [-0.2, -0.15) is 0 Å². The molecule has 3 aromatic rings. The number of carbonyl (C=O) groups is 1. The van der Waals surface area contributed by atoms with Crippen molar-refractivity contribution in [1.29, 1.82) is 0 Å². The van der Waals surface area contributed by atoms with E-state index in [1.807, 2.05) is 26.2 Å². The molecule has 0 unspecified atom stereocenters. The van der Waals surface area contributed by atoms with E-state index in [1.54, 1.807) is 12.1 Å². The summed E-state index contributed by atoms with van der Waals surface area (Å²) in [5, 5.41) is 11.3. The van der Waals surface area contributed by atoms with E-state index in [-0.39, 0.29) is 5.91 Å². The zero-order chi connectivity index (χ0) is 23.3. The van der Waals surface area contributed by atoms with Gasteiger partial charge in [0.25, 0.3) is 5.91 Å². The fourth-order valence-electron chi connectivity index (χ4n) is 3.72. The van der Waals surface area contributed by atoms with Crippen LogP contribution >= 0.6 is 0 Å². The van der Waals surface area contributed by atoms with Gasteiger partial charge in [0, 0.05) is 24.1 Å². The third kappa shape index (κ3) is 8.81. The molecule has 0 radical (unpaired) electrons. The number of hydrogen-bond donors (Lipinski definition) is 1. The molecular weight excluding hydrogens is 412 g/mol. The average molecular weight is 449 g/mol. The second-order valence-corrected chi connectivity index (χ2v) is 8.74. The van der Waals surface area contributed by atoms with Gasteiger partial charge in [0.1, 0.15) is 0 Å². The normalized spacial score (nSPS) is 11.1. The quantitative estimate of drug-likeness (QED) is 0.345. The molecule has 6 nitrogen and oxygen atoms in total. The summed E-state index contributed by atoms with van der Waals surface area (Å²) < 4.78 is 5.83. The molecule has 1 aromatic heterocycles. The van der Waals surface area contributed by atoms with Gasteiger partial charge in [-0.3, -0.25) is 4.79 Å². The Morgan fingerprint density at radius 3 is 2.27 bits per heavy atom. The summed E-state index contributed by atoms with van der Waals surface area (Å²) in [7, 11) is 4.05. The third-order valence-corrected chi connectivity index (χ3v) is 5.63. The molecular formula is C27H36N4O2. The summed E-state index contributed by atoms with van der Waals surface area (Å²) in [6.45, 7) is 1.62. The highest BCUT2D eigenvalue weighted by Crippen LogP contribution is 2.19. The van der Waals surface area contributed by atoms with Gasteiger partial charge in [0.05, 0.1) is 0 Å². The zero-order valence-electron chi connectivity index (χ0n) is 19.9. The van der Waals surface area contributed by atoms with Crippen molar-refractivity contribution in [2.24, 2.45) is 0 Å². The van der Waals surface area contributed by atoms with Crippen molar-refractivity contribution in [3.8, 4) is 11.5 Å². The summed E-state index contributed by atoms with van der Waals surface area (Å²) in [6, 6.07) is 18.0. The van der Waals surface area contributed by atoms with Crippen molar-refractivity contribution in [2.45, 2.75) is 51.4 Å². The lowest BCUT2D eigenvalue weighted by Crippen LogP contribution is -2.27. The molecule has 2 aromatic carbocycles. The number of nitrogens with one attached hydrogen (secondary N) is 1. The molecule has 0 spiro atoms. The summed E-state index contributed by atoms with van der Waals surface area (Å²) in [6.07, 6.45) is 8.83. The predicted octanol–water partition coefficient (Wildman–Crippen LogP) is 5.15. The molecule has 1 heterocycles. The number of carbonyl (C=O) groups excluding carboxylic acids is 1. The Kier molecular flexibility index (Phi) is 10.1. The molecule has 0 aliphatic carbocycles. The van der Waals surface area contributed by atoms with E-state index in [0.29, 0.717) is 23.9 Å². The summed E-state index contributed by atoms with van der Waals surface area (Å²) in [4.78, 5) is 14.4. The lowest BCUT2D eigenvalue weighted by atomic mass is 10.1. The van der Waals surface area contributed by atoms with Crippen LogP contribution in [0.25, 0.3) is 11.5 Å². The van der Waals surface area contributed by atoms with Crippen LogP contribution in [-0.4, -0.2) is 48.2 Å². The first-order valence-corrected chi connectivity index (χ1v) is 12.0. The van der Waals surface area contributed by atoms with Gasteiger partial charge in [-0.1, -0.05) is 49.6 Å². The van der Waals surface area contributed by atoms with Gasteiger partial charge in [0.2, 0.25) is 11.8 Å². The molecule has 0 saturated carbocycles. The maximum Gasteiger partial charge on any atom is 0.251 e. The Morgan fingerprint density at radius 2 is 1.55 bits per heavy atom. The highest BCUT2D eigenvalue weighted by atomic mass is 16.4. The molecule has 1 amide bonds. The van der Waals surface area contributed by atoms with Crippen LogP contribution in [0.2, 0.25) is 0 Å². The van der Waals surface area contributed by atoms with E-state index in [9.17, 15) is 4.79 Å². The average Bonchev–Trinajstić information content (AvgIpc) is 3.31. The predicted molar refractivity (Wildman–Crippen MR) is 132 cm³/mol. The molecule has 3 rings (SSSR count). The van der Waals surface area contributed by atoms with E-state index in [2.05, 4.69) is 50.7 Å². The molecule has 0 aliphatic heterocycles. The van der Waals surface area contributed by atoms with Crippen molar-refractivity contribution in [2.75, 3.05) is 27.2 Å². The molecule has 0 atom stereocenters. The van der Waals surface area contributed by atoms with Crippen LogP contribution in [-0.2, 0) is 12.8 Å². The number of unbranched alkanes of at least 4 members (excludes halogenated alkanes) is 4. The number of hydrogen-bond acceptors (Lipinski definition) is 5. The first-order valence-electron chi connectivity index (χ1n) is 12.0. The van der Waals surface area contributed by atoms with E-state index >= 15 is 0 Å². The second-order valence-electron chi connectivity index (χ2n) is 8.74. The summed E-state index contributed by atoms with van der Waals surface area (Å²) in [5.41, 5.74) is 2.89. The van der Waals surface area contributed by atoms with Gasteiger partial charge in [0.15, 0.2) is 0 Å². The molecule has 33 heavy (non-hydrogen) atoms.